The quantitative estimate of drug-likeness (QED) is 0.731. The molecule has 0 unspecified atom stereocenters. The molecule has 1 fully saturated rings. The highest BCUT2D eigenvalue weighted by Crippen LogP contribution is 2.36. The van der Waals surface area contributed by atoms with Gasteiger partial charge in [0, 0.05) is 6.42 Å². The highest BCUT2D eigenvalue weighted by Gasteiger charge is 2.32. The van der Waals surface area contributed by atoms with Crippen molar-refractivity contribution in [2.75, 3.05) is 0 Å². The highest BCUT2D eigenvalue weighted by molar-refractivity contribution is 5.66. The molecule has 1 saturated carbocycles. The number of hydrogen-bond acceptors (Lipinski definition) is 2. The molecular weight excluding hydrogens is 180 g/mol. The molecular formula is C11H20O3. The summed E-state index contributed by atoms with van der Waals surface area (Å²) in [7, 11) is 0. The van der Waals surface area contributed by atoms with Crippen LogP contribution in [0.1, 0.15) is 51.9 Å². The first kappa shape index (κ1) is 11.5. The molecule has 14 heavy (non-hydrogen) atoms. The zero-order valence-corrected chi connectivity index (χ0v) is 8.83. The number of hydrogen-bond donors (Lipinski definition) is 2. The lowest BCUT2D eigenvalue weighted by Gasteiger charge is -2.35. The van der Waals surface area contributed by atoms with Gasteiger partial charge in [-0.1, -0.05) is 13.3 Å². The molecule has 3 heteroatoms. The third-order valence-corrected chi connectivity index (χ3v) is 3.42. The average Bonchev–Trinajstić information content (AvgIpc) is 2.16. The van der Waals surface area contributed by atoms with E-state index >= 15 is 0 Å². The monoisotopic (exact) mass is 200 g/mol. The molecule has 0 aliphatic heterocycles. The molecule has 0 amide bonds. The van der Waals surface area contributed by atoms with Gasteiger partial charge in [-0.2, -0.15) is 0 Å². The van der Waals surface area contributed by atoms with Crippen LogP contribution in [-0.2, 0) is 4.79 Å². The number of carbonyl (C=O) groups is 1. The summed E-state index contributed by atoms with van der Waals surface area (Å²) in [6, 6.07) is 0. The van der Waals surface area contributed by atoms with Crippen LogP contribution in [0.25, 0.3) is 0 Å². The van der Waals surface area contributed by atoms with Crippen LogP contribution in [0.4, 0.5) is 0 Å². The van der Waals surface area contributed by atoms with Crippen LogP contribution >= 0.6 is 0 Å². The number of aliphatic hydroxyl groups is 1. The maximum atomic E-state index is 10.4. The van der Waals surface area contributed by atoms with Crippen molar-refractivity contribution in [3.8, 4) is 0 Å². The molecule has 2 N–H and O–H groups in total. The topological polar surface area (TPSA) is 57.5 Å². The maximum absolute atomic E-state index is 10.4. The normalized spacial score (nSPS) is 32.9. The van der Waals surface area contributed by atoms with E-state index in [1.54, 1.807) is 0 Å². The van der Waals surface area contributed by atoms with Crippen LogP contribution in [0.15, 0.2) is 0 Å². The third kappa shape index (κ3) is 3.29. The SMILES string of the molecule is CCC1CCC(O)(CCC(=O)O)CC1. The Hall–Kier alpha value is -0.570. The van der Waals surface area contributed by atoms with Crippen molar-refractivity contribution in [3.63, 3.8) is 0 Å². The van der Waals surface area contributed by atoms with E-state index in [-0.39, 0.29) is 6.42 Å². The Morgan fingerprint density at radius 1 is 1.43 bits per heavy atom. The Kier molecular flexibility index (Phi) is 3.93. The molecule has 0 radical (unpaired) electrons. The molecule has 0 spiro atoms. The fourth-order valence-electron chi connectivity index (χ4n) is 2.21. The van der Waals surface area contributed by atoms with Crippen LogP contribution in [0, 0.1) is 5.92 Å². The molecule has 1 rings (SSSR count). The van der Waals surface area contributed by atoms with E-state index in [1.807, 2.05) is 0 Å². The minimum absolute atomic E-state index is 0.0906. The molecule has 0 saturated heterocycles. The summed E-state index contributed by atoms with van der Waals surface area (Å²) < 4.78 is 0. The highest BCUT2D eigenvalue weighted by atomic mass is 16.4. The average molecular weight is 200 g/mol. The molecule has 0 heterocycles. The molecule has 1 aliphatic rings. The van der Waals surface area contributed by atoms with Gasteiger partial charge in [0.2, 0.25) is 0 Å². The number of aliphatic carboxylic acids is 1. The van der Waals surface area contributed by atoms with E-state index in [9.17, 15) is 9.90 Å². The summed E-state index contributed by atoms with van der Waals surface area (Å²) in [6.45, 7) is 2.17. The zero-order chi connectivity index (χ0) is 10.6. The molecule has 82 valence electrons. The lowest BCUT2D eigenvalue weighted by atomic mass is 9.76. The van der Waals surface area contributed by atoms with Gasteiger partial charge in [-0.15, -0.1) is 0 Å². The molecule has 0 aromatic heterocycles. The van der Waals surface area contributed by atoms with Crippen LogP contribution in [0.3, 0.4) is 0 Å². The van der Waals surface area contributed by atoms with Gasteiger partial charge in [0.25, 0.3) is 0 Å². The second-order valence-electron chi connectivity index (χ2n) is 4.47. The largest absolute Gasteiger partial charge is 0.481 e. The molecule has 0 bridgehead atoms. The van der Waals surface area contributed by atoms with Gasteiger partial charge < -0.3 is 10.2 Å². The fraction of sp³-hybridized carbons (Fsp3) is 0.909. The Morgan fingerprint density at radius 3 is 2.43 bits per heavy atom. The summed E-state index contributed by atoms with van der Waals surface area (Å²) in [4.78, 5) is 10.4. The van der Waals surface area contributed by atoms with Gasteiger partial charge in [-0.3, -0.25) is 4.79 Å². The summed E-state index contributed by atoms with van der Waals surface area (Å²) in [5, 5.41) is 18.6. The zero-order valence-electron chi connectivity index (χ0n) is 8.83. The lowest BCUT2D eigenvalue weighted by molar-refractivity contribution is -0.139. The first-order valence-corrected chi connectivity index (χ1v) is 5.50. The Bertz CT molecular complexity index is 193. The minimum atomic E-state index is -0.809. The van der Waals surface area contributed by atoms with E-state index < -0.39 is 11.6 Å². The van der Waals surface area contributed by atoms with E-state index in [4.69, 9.17) is 5.11 Å². The second-order valence-corrected chi connectivity index (χ2v) is 4.47. The predicted octanol–water partition coefficient (Wildman–Crippen LogP) is 2.18. The Labute approximate surface area is 85.1 Å². The van der Waals surface area contributed by atoms with Crippen molar-refractivity contribution >= 4 is 5.97 Å². The Balaban J connectivity index is 2.33. The molecule has 0 aromatic rings. The van der Waals surface area contributed by atoms with E-state index in [0.29, 0.717) is 6.42 Å². The molecule has 3 nitrogen and oxygen atoms in total. The van der Waals surface area contributed by atoms with Crippen LogP contribution in [0.5, 0.6) is 0 Å². The number of carboxylic acids is 1. The van der Waals surface area contributed by atoms with Gasteiger partial charge >= 0.3 is 5.97 Å². The molecule has 1 aliphatic carbocycles. The summed E-state index contributed by atoms with van der Waals surface area (Å²) in [5.74, 6) is -0.0730. The minimum Gasteiger partial charge on any atom is -0.481 e. The van der Waals surface area contributed by atoms with Crippen molar-refractivity contribution in [1.29, 1.82) is 0 Å². The molecule has 0 atom stereocenters. The van der Waals surface area contributed by atoms with E-state index in [1.165, 1.54) is 6.42 Å². The summed E-state index contributed by atoms with van der Waals surface area (Å²) in [6.07, 6.45) is 5.33. The lowest BCUT2D eigenvalue weighted by Crippen LogP contribution is -2.34. The first-order valence-electron chi connectivity index (χ1n) is 5.50. The Morgan fingerprint density at radius 2 is 2.00 bits per heavy atom. The van der Waals surface area contributed by atoms with E-state index in [2.05, 4.69) is 6.92 Å². The summed E-state index contributed by atoms with van der Waals surface area (Å²) >= 11 is 0. The fourth-order valence-corrected chi connectivity index (χ4v) is 2.21. The van der Waals surface area contributed by atoms with Crippen LogP contribution < -0.4 is 0 Å². The van der Waals surface area contributed by atoms with Crippen molar-refractivity contribution < 1.29 is 15.0 Å². The predicted molar refractivity (Wildman–Crippen MR) is 54.1 cm³/mol. The third-order valence-electron chi connectivity index (χ3n) is 3.42. The van der Waals surface area contributed by atoms with Crippen molar-refractivity contribution in [2.45, 2.75) is 57.5 Å². The van der Waals surface area contributed by atoms with Gasteiger partial charge in [0.05, 0.1) is 5.60 Å². The van der Waals surface area contributed by atoms with Crippen molar-refractivity contribution in [1.82, 2.24) is 0 Å². The van der Waals surface area contributed by atoms with Crippen molar-refractivity contribution in [2.24, 2.45) is 5.92 Å². The number of carboxylic acid groups (broad SMARTS) is 1. The smallest absolute Gasteiger partial charge is 0.303 e. The maximum Gasteiger partial charge on any atom is 0.303 e. The van der Waals surface area contributed by atoms with Gasteiger partial charge in [-0.25, -0.2) is 0 Å². The van der Waals surface area contributed by atoms with E-state index in [0.717, 1.165) is 31.6 Å². The van der Waals surface area contributed by atoms with Crippen LogP contribution in [-0.4, -0.2) is 21.8 Å². The second kappa shape index (κ2) is 4.78. The standard InChI is InChI=1S/C11H20O3/c1-2-9-3-6-11(14,7-4-9)8-5-10(12)13/h9,14H,2-8H2,1H3,(H,12,13). The van der Waals surface area contributed by atoms with Crippen molar-refractivity contribution in [3.05, 3.63) is 0 Å². The van der Waals surface area contributed by atoms with Gasteiger partial charge in [0.1, 0.15) is 0 Å². The number of rotatable bonds is 4. The van der Waals surface area contributed by atoms with Gasteiger partial charge in [-0.05, 0) is 38.0 Å². The summed E-state index contributed by atoms with van der Waals surface area (Å²) in [5.41, 5.74) is -0.690. The van der Waals surface area contributed by atoms with Crippen LogP contribution in [0.2, 0.25) is 0 Å². The molecule has 0 aromatic carbocycles. The first-order chi connectivity index (χ1) is 6.56. The van der Waals surface area contributed by atoms with Gasteiger partial charge in [0.15, 0.2) is 0 Å².